The third-order valence-electron chi connectivity index (χ3n) is 2.94. The highest BCUT2D eigenvalue weighted by Gasteiger charge is 2.20. The van der Waals surface area contributed by atoms with Gasteiger partial charge in [0.1, 0.15) is 6.07 Å². The van der Waals surface area contributed by atoms with Crippen LogP contribution in [-0.4, -0.2) is 4.98 Å². The molecule has 0 spiro atoms. The number of hydrazine groups is 1. The van der Waals surface area contributed by atoms with Crippen LogP contribution < -0.4 is 11.3 Å². The van der Waals surface area contributed by atoms with E-state index in [-0.39, 0.29) is 0 Å². The van der Waals surface area contributed by atoms with Crippen molar-refractivity contribution in [2.45, 2.75) is 32.1 Å². The first-order valence-electron chi connectivity index (χ1n) is 5.16. The summed E-state index contributed by atoms with van der Waals surface area (Å²) < 4.78 is 0. The lowest BCUT2D eigenvalue weighted by Crippen LogP contribution is -2.16. The van der Waals surface area contributed by atoms with Crippen LogP contribution in [0.3, 0.4) is 0 Å². The molecule has 2 rings (SSSR count). The van der Waals surface area contributed by atoms with Crippen molar-refractivity contribution in [3.05, 3.63) is 22.9 Å². The van der Waals surface area contributed by atoms with Crippen molar-refractivity contribution >= 4 is 5.82 Å². The number of rotatable bonds is 1. The summed E-state index contributed by atoms with van der Waals surface area (Å²) in [6.45, 7) is 2.16. The van der Waals surface area contributed by atoms with Gasteiger partial charge in [0.2, 0.25) is 0 Å². The average Bonchev–Trinajstić information content (AvgIpc) is 2.28. The monoisotopic (exact) mass is 202 g/mol. The largest absolute Gasteiger partial charge is 0.307 e. The molecule has 4 nitrogen and oxygen atoms in total. The van der Waals surface area contributed by atoms with Gasteiger partial charge in [0.15, 0.2) is 5.82 Å². The second-order valence-electron chi connectivity index (χ2n) is 3.98. The predicted octanol–water partition coefficient (Wildman–Crippen LogP) is 1.68. The van der Waals surface area contributed by atoms with Crippen LogP contribution in [-0.2, 0) is 6.42 Å². The Hall–Kier alpha value is -1.60. The minimum Gasteiger partial charge on any atom is -0.307 e. The van der Waals surface area contributed by atoms with E-state index in [1.165, 1.54) is 12.0 Å². The molecule has 1 aromatic rings. The first-order valence-corrected chi connectivity index (χ1v) is 5.16. The van der Waals surface area contributed by atoms with Crippen LogP contribution in [0.15, 0.2) is 6.07 Å². The minimum absolute atomic E-state index is 0.466. The lowest BCUT2D eigenvalue weighted by atomic mass is 9.87. The first kappa shape index (κ1) is 9.94. The molecule has 0 saturated carbocycles. The van der Waals surface area contributed by atoms with Gasteiger partial charge in [-0.25, -0.2) is 10.8 Å². The number of pyridine rings is 1. The fraction of sp³-hybridized carbons (Fsp3) is 0.455. The summed E-state index contributed by atoms with van der Waals surface area (Å²) in [6.07, 6.45) is 3.36. The van der Waals surface area contributed by atoms with Crippen LogP contribution >= 0.6 is 0 Å². The molecule has 4 heteroatoms. The van der Waals surface area contributed by atoms with Gasteiger partial charge in [0.05, 0.1) is 5.56 Å². The number of nitrogens with one attached hydrogen (secondary N) is 1. The highest BCUT2D eigenvalue weighted by molar-refractivity contribution is 5.54. The van der Waals surface area contributed by atoms with Crippen LogP contribution in [0.2, 0.25) is 0 Å². The van der Waals surface area contributed by atoms with Gasteiger partial charge in [-0.05, 0) is 36.8 Å². The van der Waals surface area contributed by atoms with Crippen LogP contribution in [0, 0.1) is 11.3 Å². The van der Waals surface area contributed by atoms with Crippen molar-refractivity contribution in [2.24, 2.45) is 5.84 Å². The number of hydrogen-bond donors (Lipinski definition) is 2. The zero-order chi connectivity index (χ0) is 10.8. The van der Waals surface area contributed by atoms with Crippen LogP contribution in [0.5, 0.6) is 0 Å². The van der Waals surface area contributed by atoms with Crippen LogP contribution in [0.25, 0.3) is 0 Å². The first-order chi connectivity index (χ1) is 7.26. The van der Waals surface area contributed by atoms with E-state index in [0.717, 1.165) is 18.5 Å². The number of aryl methyl sites for hydroxylation is 1. The molecule has 0 aliphatic heterocycles. The van der Waals surface area contributed by atoms with Gasteiger partial charge in [-0.2, -0.15) is 5.26 Å². The molecule has 1 heterocycles. The second kappa shape index (κ2) is 3.87. The molecule has 1 aromatic heterocycles. The Kier molecular flexibility index (Phi) is 2.57. The molecule has 1 unspecified atom stereocenters. The lowest BCUT2D eigenvalue weighted by Gasteiger charge is -2.22. The maximum absolute atomic E-state index is 8.93. The molecule has 0 amide bonds. The van der Waals surface area contributed by atoms with Gasteiger partial charge < -0.3 is 5.43 Å². The number of nitrogens with zero attached hydrogens (tertiary/aromatic N) is 2. The summed E-state index contributed by atoms with van der Waals surface area (Å²) in [4.78, 5) is 4.42. The highest BCUT2D eigenvalue weighted by atomic mass is 15.3. The smallest absolute Gasteiger partial charge is 0.158 e. The van der Waals surface area contributed by atoms with Gasteiger partial charge in [0.25, 0.3) is 0 Å². The zero-order valence-corrected chi connectivity index (χ0v) is 8.75. The Bertz CT molecular complexity index is 419. The molecule has 0 bridgehead atoms. The number of hydrogen-bond acceptors (Lipinski definition) is 4. The Morgan fingerprint density at radius 3 is 3.13 bits per heavy atom. The van der Waals surface area contributed by atoms with Crippen molar-refractivity contribution in [1.82, 2.24) is 4.98 Å². The maximum atomic E-state index is 8.93. The van der Waals surface area contributed by atoms with E-state index in [4.69, 9.17) is 11.1 Å². The van der Waals surface area contributed by atoms with Gasteiger partial charge in [-0.15, -0.1) is 0 Å². The molecular formula is C11H14N4. The molecule has 1 atom stereocenters. The predicted molar refractivity (Wildman–Crippen MR) is 58.1 cm³/mol. The number of aromatic nitrogens is 1. The highest BCUT2D eigenvalue weighted by Crippen LogP contribution is 2.31. The van der Waals surface area contributed by atoms with Crippen molar-refractivity contribution in [3.63, 3.8) is 0 Å². The summed E-state index contributed by atoms with van der Waals surface area (Å²) in [5.41, 5.74) is 5.31. The Morgan fingerprint density at radius 1 is 1.67 bits per heavy atom. The molecule has 0 saturated heterocycles. The van der Waals surface area contributed by atoms with Crippen LogP contribution in [0.4, 0.5) is 5.82 Å². The van der Waals surface area contributed by atoms with E-state index in [1.807, 2.05) is 6.07 Å². The molecule has 0 aromatic carbocycles. The Morgan fingerprint density at radius 2 is 2.47 bits per heavy atom. The lowest BCUT2D eigenvalue weighted by molar-refractivity contribution is 0.574. The fourth-order valence-corrected chi connectivity index (χ4v) is 2.13. The van der Waals surface area contributed by atoms with Gasteiger partial charge in [-0.1, -0.05) is 6.92 Å². The standard InChI is InChI=1S/C11H14N4/c1-7-3-2-4-8-5-9(6-12)11(15-13)14-10(7)8/h5,7H,2-4,13H2,1H3,(H,14,15). The minimum atomic E-state index is 0.466. The quantitative estimate of drug-likeness (QED) is 0.536. The van der Waals surface area contributed by atoms with Crippen molar-refractivity contribution in [1.29, 1.82) is 5.26 Å². The van der Waals surface area contributed by atoms with Crippen molar-refractivity contribution in [3.8, 4) is 6.07 Å². The van der Waals surface area contributed by atoms with Gasteiger partial charge in [0, 0.05) is 5.69 Å². The molecule has 3 N–H and O–H groups in total. The molecular weight excluding hydrogens is 188 g/mol. The molecule has 15 heavy (non-hydrogen) atoms. The van der Waals surface area contributed by atoms with E-state index in [2.05, 4.69) is 23.4 Å². The average molecular weight is 202 g/mol. The number of nitrogens with two attached hydrogens (primary N) is 1. The second-order valence-corrected chi connectivity index (χ2v) is 3.98. The third-order valence-corrected chi connectivity index (χ3v) is 2.94. The number of nitrogen functional groups attached to an aromatic ring is 1. The summed E-state index contributed by atoms with van der Waals surface area (Å²) in [7, 11) is 0. The van der Waals surface area contributed by atoms with E-state index in [1.54, 1.807) is 0 Å². The molecule has 0 fully saturated rings. The van der Waals surface area contributed by atoms with E-state index < -0.39 is 0 Å². The number of fused-ring (bicyclic) bond motifs is 1. The normalized spacial score (nSPS) is 19.1. The Balaban J connectivity index is 2.54. The Labute approximate surface area is 89.1 Å². The topological polar surface area (TPSA) is 74.7 Å². The molecule has 1 aliphatic rings. The van der Waals surface area contributed by atoms with Crippen molar-refractivity contribution in [2.75, 3.05) is 5.43 Å². The van der Waals surface area contributed by atoms with Gasteiger partial charge in [-0.3, -0.25) is 0 Å². The summed E-state index contributed by atoms with van der Waals surface area (Å²) in [5, 5.41) is 8.93. The van der Waals surface area contributed by atoms with Gasteiger partial charge >= 0.3 is 0 Å². The molecule has 78 valence electrons. The summed E-state index contributed by atoms with van der Waals surface area (Å²) >= 11 is 0. The fourth-order valence-electron chi connectivity index (χ4n) is 2.13. The van der Waals surface area contributed by atoms with Crippen LogP contribution in [0.1, 0.15) is 42.5 Å². The number of nitriles is 1. The molecule has 0 radical (unpaired) electrons. The SMILES string of the molecule is CC1CCCc2cc(C#N)c(NN)nc21. The zero-order valence-electron chi connectivity index (χ0n) is 8.75. The summed E-state index contributed by atoms with van der Waals surface area (Å²) in [6, 6.07) is 4.02. The van der Waals surface area contributed by atoms with E-state index in [9.17, 15) is 0 Å². The van der Waals surface area contributed by atoms with E-state index in [0.29, 0.717) is 17.3 Å². The maximum Gasteiger partial charge on any atom is 0.158 e. The number of anilines is 1. The van der Waals surface area contributed by atoms with Crippen molar-refractivity contribution < 1.29 is 0 Å². The third kappa shape index (κ3) is 1.66. The van der Waals surface area contributed by atoms with E-state index >= 15 is 0 Å². The molecule has 1 aliphatic carbocycles. The summed E-state index contributed by atoms with van der Waals surface area (Å²) in [5.74, 6) is 6.30.